The van der Waals surface area contributed by atoms with E-state index < -0.39 is 11.9 Å². The summed E-state index contributed by atoms with van der Waals surface area (Å²) < 4.78 is 4.82. The molecule has 146 valence electrons. The van der Waals surface area contributed by atoms with Crippen LogP contribution in [0.5, 0.6) is 0 Å². The van der Waals surface area contributed by atoms with Gasteiger partial charge in [-0.3, -0.25) is 9.59 Å². The minimum absolute atomic E-state index is 0.0745. The molecule has 1 aromatic heterocycles. The number of carbonyl (C=O) groups excluding carboxylic acids is 3. The molecule has 0 unspecified atom stereocenters. The fourth-order valence-electron chi connectivity index (χ4n) is 2.89. The first kappa shape index (κ1) is 19.5. The van der Waals surface area contributed by atoms with Crippen molar-refractivity contribution in [2.24, 2.45) is 5.92 Å². The maximum absolute atomic E-state index is 12.9. The molecule has 1 aliphatic carbocycles. The molecule has 0 radical (unpaired) electrons. The van der Waals surface area contributed by atoms with Crippen LogP contribution in [0.4, 0.5) is 5.69 Å². The normalized spacial score (nSPS) is 13.0. The first-order valence-electron chi connectivity index (χ1n) is 9.15. The van der Waals surface area contributed by atoms with Crippen LogP contribution in [0.15, 0.2) is 30.3 Å². The predicted octanol–water partition coefficient (Wildman–Crippen LogP) is 2.88. The largest absolute Gasteiger partial charge is 0.465 e. The highest BCUT2D eigenvalue weighted by Gasteiger charge is 2.25. The second kappa shape index (κ2) is 8.21. The summed E-state index contributed by atoms with van der Waals surface area (Å²) in [5, 5.41) is 5.55. The Morgan fingerprint density at radius 2 is 1.86 bits per heavy atom. The molecular formula is C21H23N3O4. The maximum Gasteiger partial charge on any atom is 0.340 e. The van der Waals surface area contributed by atoms with E-state index >= 15 is 0 Å². The molecule has 1 aromatic carbocycles. The fourth-order valence-corrected chi connectivity index (χ4v) is 2.89. The molecule has 2 amide bonds. The van der Waals surface area contributed by atoms with Gasteiger partial charge in [0.1, 0.15) is 5.69 Å². The molecule has 28 heavy (non-hydrogen) atoms. The molecule has 7 nitrogen and oxygen atoms in total. The van der Waals surface area contributed by atoms with Gasteiger partial charge in [0, 0.05) is 12.2 Å². The number of carbonyl (C=O) groups is 3. The Labute approximate surface area is 163 Å². The van der Waals surface area contributed by atoms with Crippen molar-refractivity contribution in [1.82, 2.24) is 10.3 Å². The fraction of sp³-hybridized carbons (Fsp3) is 0.333. The van der Waals surface area contributed by atoms with E-state index in [4.69, 9.17) is 4.74 Å². The van der Waals surface area contributed by atoms with Crippen molar-refractivity contribution >= 4 is 23.5 Å². The Kier molecular flexibility index (Phi) is 5.73. The van der Waals surface area contributed by atoms with Gasteiger partial charge in [0.05, 0.1) is 23.9 Å². The SMILES string of the molecule is COC(=O)c1c(C)cccc1NC(=O)c1ccc(C)nc1C(=O)NCC1CC1. The zero-order valence-corrected chi connectivity index (χ0v) is 16.2. The van der Waals surface area contributed by atoms with E-state index in [1.165, 1.54) is 7.11 Å². The average Bonchev–Trinajstić information content (AvgIpc) is 3.50. The molecule has 0 spiro atoms. The van der Waals surface area contributed by atoms with Crippen molar-refractivity contribution in [2.45, 2.75) is 26.7 Å². The third-order valence-electron chi connectivity index (χ3n) is 4.65. The molecule has 0 atom stereocenters. The van der Waals surface area contributed by atoms with E-state index in [0.717, 1.165) is 12.8 Å². The standard InChI is InChI=1S/C21H23N3O4/c1-12-5-4-6-16(17(12)21(27)28-3)24-19(25)15-10-7-13(2)23-18(15)20(26)22-11-14-8-9-14/h4-7,10,14H,8-9,11H2,1-3H3,(H,22,26)(H,24,25). The van der Waals surface area contributed by atoms with E-state index in [1.807, 2.05) is 0 Å². The Morgan fingerprint density at radius 3 is 2.54 bits per heavy atom. The number of hydrogen-bond donors (Lipinski definition) is 2. The van der Waals surface area contributed by atoms with E-state index in [-0.39, 0.29) is 22.7 Å². The Balaban J connectivity index is 1.88. The minimum atomic E-state index is -0.544. The summed E-state index contributed by atoms with van der Waals surface area (Å²) in [6.07, 6.45) is 2.22. The van der Waals surface area contributed by atoms with Crippen LogP contribution in [0.2, 0.25) is 0 Å². The summed E-state index contributed by atoms with van der Waals surface area (Å²) in [5.41, 5.74) is 2.13. The topological polar surface area (TPSA) is 97.4 Å². The van der Waals surface area contributed by atoms with Gasteiger partial charge < -0.3 is 15.4 Å². The van der Waals surface area contributed by atoms with Crippen molar-refractivity contribution in [2.75, 3.05) is 19.0 Å². The number of nitrogens with one attached hydrogen (secondary N) is 2. The summed E-state index contributed by atoms with van der Waals surface area (Å²) in [6.45, 7) is 4.10. The van der Waals surface area contributed by atoms with Crippen molar-refractivity contribution in [1.29, 1.82) is 0 Å². The Bertz CT molecular complexity index is 935. The zero-order valence-electron chi connectivity index (χ0n) is 16.2. The highest BCUT2D eigenvalue weighted by molar-refractivity contribution is 6.13. The smallest absolute Gasteiger partial charge is 0.340 e. The number of nitrogens with zero attached hydrogens (tertiary/aromatic N) is 1. The number of rotatable bonds is 6. The van der Waals surface area contributed by atoms with Gasteiger partial charge in [-0.2, -0.15) is 0 Å². The molecule has 0 bridgehead atoms. The highest BCUT2D eigenvalue weighted by Crippen LogP contribution is 2.27. The number of anilines is 1. The van der Waals surface area contributed by atoms with E-state index in [2.05, 4.69) is 15.6 Å². The molecule has 1 fully saturated rings. The van der Waals surface area contributed by atoms with Crippen LogP contribution in [0.25, 0.3) is 0 Å². The lowest BCUT2D eigenvalue weighted by molar-refractivity contribution is 0.0601. The number of benzene rings is 1. The van der Waals surface area contributed by atoms with Gasteiger partial charge in [-0.25, -0.2) is 9.78 Å². The molecule has 1 heterocycles. The quantitative estimate of drug-likeness (QED) is 0.750. The van der Waals surface area contributed by atoms with Crippen LogP contribution >= 0.6 is 0 Å². The van der Waals surface area contributed by atoms with Gasteiger partial charge in [0.25, 0.3) is 11.8 Å². The van der Waals surface area contributed by atoms with E-state index in [9.17, 15) is 14.4 Å². The van der Waals surface area contributed by atoms with Gasteiger partial charge >= 0.3 is 5.97 Å². The molecular weight excluding hydrogens is 358 g/mol. The van der Waals surface area contributed by atoms with E-state index in [0.29, 0.717) is 29.4 Å². The second-order valence-electron chi connectivity index (χ2n) is 6.95. The lowest BCUT2D eigenvalue weighted by Gasteiger charge is -2.14. The Hall–Kier alpha value is -3.22. The molecule has 1 aliphatic rings. The van der Waals surface area contributed by atoms with Gasteiger partial charge in [-0.1, -0.05) is 12.1 Å². The molecule has 1 saturated carbocycles. The van der Waals surface area contributed by atoms with Crippen LogP contribution in [-0.2, 0) is 4.74 Å². The molecule has 2 aromatic rings. The molecule has 7 heteroatoms. The van der Waals surface area contributed by atoms with E-state index in [1.54, 1.807) is 44.2 Å². The molecule has 2 N–H and O–H groups in total. The number of hydrogen-bond acceptors (Lipinski definition) is 5. The summed E-state index contributed by atoms with van der Waals surface area (Å²) in [4.78, 5) is 41.8. The second-order valence-corrected chi connectivity index (χ2v) is 6.95. The molecule has 0 aliphatic heterocycles. The summed E-state index contributed by atoms with van der Waals surface area (Å²) in [5.74, 6) is -0.920. The third-order valence-corrected chi connectivity index (χ3v) is 4.65. The lowest BCUT2D eigenvalue weighted by atomic mass is 10.1. The average molecular weight is 381 g/mol. The number of aryl methyl sites for hydroxylation is 2. The highest BCUT2D eigenvalue weighted by atomic mass is 16.5. The number of aromatic nitrogens is 1. The first-order chi connectivity index (χ1) is 13.4. The van der Waals surface area contributed by atoms with Crippen molar-refractivity contribution in [3.05, 3.63) is 58.4 Å². The third kappa shape index (κ3) is 4.36. The van der Waals surface area contributed by atoms with Gasteiger partial charge in [0.15, 0.2) is 0 Å². The summed E-state index contributed by atoms with van der Waals surface area (Å²) in [7, 11) is 1.28. The van der Waals surface area contributed by atoms with Crippen molar-refractivity contribution < 1.29 is 19.1 Å². The van der Waals surface area contributed by atoms with Crippen LogP contribution < -0.4 is 10.6 Å². The van der Waals surface area contributed by atoms with Crippen LogP contribution in [-0.4, -0.2) is 36.4 Å². The molecule has 0 saturated heterocycles. The number of pyridine rings is 1. The zero-order chi connectivity index (χ0) is 20.3. The lowest BCUT2D eigenvalue weighted by Crippen LogP contribution is -2.29. The monoisotopic (exact) mass is 381 g/mol. The van der Waals surface area contributed by atoms with Gasteiger partial charge in [-0.05, 0) is 56.4 Å². The van der Waals surface area contributed by atoms with Crippen LogP contribution in [0, 0.1) is 19.8 Å². The number of amides is 2. The number of esters is 1. The van der Waals surface area contributed by atoms with Crippen LogP contribution in [0.3, 0.4) is 0 Å². The van der Waals surface area contributed by atoms with Gasteiger partial charge in [0.2, 0.25) is 0 Å². The van der Waals surface area contributed by atoms with Gasteiger partial charge in [-0.15, -0.1) is 0 Å². The van der Waals surface area contributed by atoms with Crippen molar-refractivity contribution in [3.63, 3.8) is 0 Å². The minimum Gasteiger partial charge on any atom is -0.465 e. The Morgan fingerprint density at radius 1 is 1.11 bits per heavy atom. The number of ether oxygens (including phenoxy) is 1. The summed E-state index contributed by atoms with van der Waals surface area (Å²) in [6, 6.07) is 8.34. The van der Waals surface area contributed by atoms with Crippen molar-refractivity contribution in [3.8, 4) is 0 Å². The summed E-state index contributed by atoms with van der Waals surface area (Å²) >= 11 is 0. The first-order valence-corrected chi connectivity index (χ1v) is 9.15. The predicted molar refractivity (Wildman–Crippen MR) is 105 cm³/mol. The maximum atomic E-state index is 12.9. The number of methoxy groups -OCH3 is 1. The van der Waals surface area contributed by atoms with Crippen LogP contribution in [0.1, 0.15) is 55.3 Å². The molecule has 3 rings (SSSR count).